The van der Waals surface area contributed by atoms with E-state index in [2.05, 4.69) is 10.5 Å². The first-order valence-electron chi connectivity index (χ1n) is 7.47. The van der Waals surface area contributed by atoms with Crippen LogP contribution in [-0.2, 0) is 22.5 Å². The van der Waals surface area contributed by atoms with Crippen molar-refractivity contribution in [1.82, 2.24) is 5.32 Å². The van der Waals surface area contributed by atoms with Crippen LogP contribution in [0.3, 0.4) is 0 Å². The third-order valence-corrected chi connectivity index (χ3v) is 3.57. The predicted octanol–water partition coefficient (Wildman–Crippen LogP) is 2.46. The highest BCUT2D eigenvalue weighted by molar-refractivity contribution is 5.93. The molecule has 1 aliphatic heterocycles. The molecule has 0 aliphatic carbocycles. The highest BCUT2D eigenvalue weighted by Crippen LogP contribution is 2.15. The van der Waals surface area contributed by atoms with Gasteiger partial charge in [-0.15, -0.1) is 0 Å². The van der Waals surface area contributed by atoms with Crippen LogP contribution in [0.15, 0.2) is 52.2 Å². The second-order valence-corrected chi connectivity index (χ2v) is 5.38. The van der Waals surface area contributed by atoms with E-state index in [1.807, 2.05) is 18.2 Å². The molecule has 0 bridgehead atoms. The van der Waals surface area contributed by atoms with Crippen molar-refractivity contribution in [1.29, 1.82) is 0 Å². The topological polar surface area (TPSA) is 63.8 Å². The summed E-state index contributed by atoms with van der Waals surface area (Å²) < 4.78 is 18.4. The van der Waals surface area contributed by atoms with E-state index in [1.54, 1.807) is 12.3 Å². The maximum Gasteiger partial charge on any atom is 0.264 e. The minimum atomic E-state index is -0.616. The van der Waals surface area contributed by atoms with Crippen LogP contribution in [0.2, 0.25) is 0 Å². The fourth-order valence-electron chi connectivity index (χ4n) is 2.43. The zero-order valence-corrected chi connectivity index (χ0v) is 12.5. The Hall–Kier alpha value is -2.63. The summed E-state index contributed by atoms with van der Waals surface area (Å²) in [7, 11) is 0. The molecule has 0 radical (unpaired) electrons. The van der Waals surface area contributed by atoms with Crippen molar-refractivity contribution in [2.45, 2.75) is 25.4 Å². The second kappa shape index (κ2) is 7.09. The van der Waals surface area contributed by atoms with Gasteiger partial charge in [-0.05, 0) is 29.8 Å². The fourth-order valence-corrected chi connectivity index (χ4v) is 2.43. The van der Waals surface area contributed by atoms with Gasteiger partial charge in [0.1, 0.15) is 11.6 Å². The first kappa shape index (κ1) is 15.3. The number of nitrogens with zero attached hydrogens (tertiary/aromatic N) is 1. The molecule has 0 saturated heterocycles. The lowest BCUT2D eigenvalue weighted by atomic mass is 10.0. The Labute approximate surface area is 133 Å². The molecule has 1 aliphatic rings. The Kier molecular flexibility index (Phi) is 4.71. The Morgan fingerprint density at radius 2 is 2.26 bits per heavy atom. The van der Waals surface area contributed by atoms with E-state index in [9.17, 15) is 9.18 Å². The number of carbonyl (C=O) groups excluding carboxylic acids is 1. The number of halogens is 1. The van der Waals surface area contributed by atoms with Gasteiger partial charge < -0.3 is 14.6 Å². The van der Waals surface area contributed by atoms with Crippen molar-refractivity contribution in [2.24, 2.45) is 5.16 Å². The van der Waals surface area contributed by atoms with E-state index in [0.717, 1.165) is 17.0 Å². The highest BCUT2D eigenvalue weighted by atomic mass is 19.1. The van der Waals surface area contributed by atoms with Gasteiger partial charge in [-0.1, -0.05) is 17.3 Å². The van der Waals surface area contributed by atoms with Gasteiger partial charge in [0.15, 0.2) is 0 Å². The maximum absolute atomic E-state index is 13.2. The molecule has 0 saturated carbocycles. The minimum Gasteiger partial charge on any atom is -0.469 e. The van der Waals surface area contributed by atoms with Crippen LogP contribution in [0.25, 0.3) is 0 Å². The number of amides is 1. The SMILES string of the molecule is O=C(NCCc1ccco1)C1CC(Cc2cccc(F)c2)=NO1. The minimum absolute atomic E-state index is 0.199. The van der Waals surface area contributed by atoms with Gasteiger partial charge in [0.25, 0.3) is 5.91 Å². The summed E-state index contributed by atoms with van der Waals surface area (Å²) in [5, 5.41) is 6.74. The number of rotatable bonds is 6. The largest absolute Gasteiger partial charge is 0.469 e. The van der Waals surface area contributed by atoms with Crippen LogP contribution in [-0.4, -0.2) is 24.3 Å². The van der Waals surface area contributed by atoms with E-state index in [0.29, 0.717) is 25.8 Å². The van der Waals surface area contributed by atoms with Crippen LogP contribution in [0.4, 0.5) is 4.39 Å². The lowest BCUT2D eigenvalue weighted by molar-refractivity contribution is -0.131. The molecule has 1 aromatic heterocycles. The highest BCUT2D eigenvalue weighted by Gasteiger charge is 2.27. The van der Waals surface area contributed by atoms with E-state index >= 15 is 0 Å². The van der Waals surface area contributed by atoms with Gasteiger partial charge >= 0.3 is 0 Å². The van der Waals surface area contributed by atoms with Gasteiger partial charge in [-0.3, -0.25) is 4.79 Å². The standard InChI is InChI=1S/C17H17FN2O3/c18-13-4-1-3-12(9-13)10-14-11-16(23-20-14)17(21)19-7-6-15-5-2-8-22-15/h1-5,8-9,16H,6-7,10-11H2,(H,19,21). The summed E-state index contributed by atoms with van der Waals surface area (Å²) in [6.07, 6.45) is 2.51. The molecule has 5 nitrogen and oxygen atoms in total. The van der Waals surface area contributed by atoms with Crippen molar-refractivity contribution in [3.63, 3.8) is 0 Å². The fraction of sp³-hybridized carbons (Fsp3) is 0.294. The molecule has 1 N–H and O–H groups in total. The number of hydrogen-bond donors (Lipinski definition) is 1. The molecule has 0 spiro atoms. The number of oxime groups is 1. The van der Waals surface area contributed by atoms with E-state index in [1.165, 1.54) is 12.1 Å². The molecule has 3 rings (SSSR count). The molecule has 1 atom stereocenters. The summed E-state index contributed by atoms with van der Waals surface area (Å²) in [4.78, 5) is 17.2. The van der Waals surface area contributed by atoms with Crippen molar-refractivity contribution < 1.29 is 18.4 Å². The predicted molar refractivity (Wildman–Crippen MR) is 82.5 cm³/mol. The van der Waals surface area contributed by atoms with Crippen LogP contribution >= 0.6 is 0 Å². The van der Waals surface area contributed by atoms with Gasteiger partial charge in [-0.2, -0.15) is 0 Å². The lowest BCUT2D eigenvalue weighted by Crippen LogP contribution is -2.36. The molecule has 120 valence electrons. The molecule has 2 heterocycles. The molecule has 6 heteroatoms. The van der Waals surface area contributed by atoms with Gasteiger partial charge in [0, 0.05) is 25.8 Å². The summed E-state index contributed by atoms with van der Waals surface area (Å²) in [6.45, 7) is 0.478. The number of benzene rings is 1. The molecular formula is C17H17FN2O3. The van der Waals surface area contributed by atoms with E-state index in [4.69, 9.17) is 9.25 Å². The van der Waals surface area contributed by atoms with Crippen molar-refractivity contribution in [3.8, 4) is 0 Å². The van der Waals surface area contributed by atoms with Gasteiger partial charge in [-0.25, -0.2) is 4.39 Å². The van der Waals surface area contributed by atoms with Crippen LogP contribution in [0, 0.1) is 5.82 Å². The van der Waals surface area contributed by atoms with Gasteiger partial charge in [0.2, 0.25) is 6.10 Å². The monoisotopic (exact) mass is 316 g/mol. The summed E-state index contributed by atoms with van der Waals surface area (Å²) in [6, 6.07) is 10.00. The molecule has 1 amide bonds. The first-order valence-corrected chi connectivity index (χ1v) is 7.47. The summed E-state index contributed by atoms with van der Waals surface area (Å²) in [5.74, 6) is 0.337. The third kappa shape index (κ3) is 4.18. The van der Waals surface area contributed by atoms with Crippen molar-refractivity contribution >= 4 is 11.6 Å². The number of carbonyl (C=O) groups is 1. The molecule has 1 aromatic carbocycles. The Morgan fingerprint density at radius 3 is 3.04 bits per heavy atom. The van der Waals surface area contributed by atoms with Crippen LogP contribution in [0.5, 0.6) is 0 Å². The molecule has 0 fully saturated rings. The third-order valence-electron chi connectivity index (χ3n) is 3.57. The molecular weight excluding hydrogens is 299 g/mol. The molecule has 2 aromatic rings. The average molecular weight is 316 g/mol. The summed E-state index contributed by atoms with van der Waals surface area (Å²) in [5.41, 5.74) is 1.55. The van der Waals surface area contributed by atoms with Crippen LogP contribution in [0.1, 0.15) is 17.7 Å². The zero-order chi connectivity index (χ0) is 16.1. The molecule has 23 heavy (non-hydrogen) atoms. The van der Waals surface area contributed by atoms with Crippen molar-refractivity contribution in [2.75, 3.05) is 6.54 Å². The number of hydrogen-bond acceptors (Lipinski definition) is 4. The Bertz CT molecular complexity index is 698. The van der Waals surface area contributed by atoms with E-state index < -0.39 is 6.10 Å². The summed E-state index contributed by atoms with van der Waals surface area (Å²) >= 11 is 0. The van der Waals surface area contributed by atoms with Crippen molar-refractivity contribution in [3.05, 3.63) is 59.8 Å². The Morgan fingerprint density at radius 1 is 1.35 bits per heavy atom. The first-order chi connectivity index (χ1) is 11.2. The zero-order valence-electron chi connectivity index (χ0n) is 12.5. The molecule has 1 unspecified atom stereocenters. The maximum atomic E-state index is 13.2. The van der Waals surface area contributed by atoms with Gasteiger partial charge in [0.05, 0.1) is 12.0 Å². The Balaban J connectivity index is 1.43. The number of furan rings is 1. The second-order valence-electron chi connectivity index (χ2n) is 5.38. The lowest BCUT2D eigenvalue weighted by Gasteiger charge is -2.08. The smallest absolute Gasteiger partial charge is 0.264 e. The quantitative estimate of drug-likeness (QED) is 0.890. The average Bonchev–Trinajstić information content (AvgIpc) is 3.19. The number of nitrogens with one attached hydrogen (secondary N) is 1. The van der Waals surface area contributed by atoms with Crippen LogP contribution < -0.4 is 5.32 Å². The normalized spacial score (nSPS) is 16.7. The van der Waals surface area contributed by atoms with E-state index in [-0.39, 0.29) is 11.7 Å².